The molecule has 0 saturated carbocycles. The normalized spacial score (nSPS) is 23.8. The van der Waals surface area contributed by atoms with E-state index in [0.717, 1.165) is 0 Å². The maximum atomic E-state index is 15.8. The Morgan fingerprint density at radius 3 is 2.52 bits per heavy atom. The summed E-state index contributed by atoms with van der Waals surface area (Å²) < 4.78 is 29.4. The Hall–Kier alpha value is -2.36. The van der Waals surface area contributed by atoms with Gasteiger partial charge in [-0.25, -0.2) is 9.18 Å². The monoisotopic (exact) mass is 475 g/mol. The minimum atomic E-state index is -2.27. The summed E-state index contributed by atoms with van der Waals surface area (Å²) in [7, 11) is -2.27. The number of hydrogen-bond acceptors (Lipinski definition) is 5. The molecule has 0 spiro atoms. The maximum Gasteiger partial charge on any atom is 0.349 e. The number of anilines is 1. The van der Waals surface area contributed by atoms with Gasteiger partial charge < -0.3 is 14.5 Å². The fraction of sp³-hybridized carbons (Fsp3) is 0.542. The van der Waals surface area contributed by atoms with E-state index in [9.17, 15) is 9.59 Å². The maximum absolute atomic E-state index is 15.8. The molecular weight excluding hydrogens is 441 g/mol. The van der Waals surface area contributed by atoms with E-state index < -0.39 is 32.3 Å². The molecule has 1 aliphatic rings. The van der Waals surface area contributed by atoms with E-state index in [4.69, 9.17) is 9.16 Å². The molecule has 1 aliphatic heterocycles. The molecule has 1 saturated heterocycles. The van der Waals surface area contributed by atoms with Crippen molar-refractivity contribution in [3.05, 3.63) is 58.6 Å². The van der Waals surface area contributed by atoms with Crippen LogP contribution >= 0.6 is 0 Å². The highest BCUT2D eigenvalue weighted by atomic mass is 28.4. The van der Waals surface area contributed by atoms with Crippen LogP contribution in [-0.4, -0.2) is 48.8 Å². The van der Waals surface area contributed by atoms with Gasteiger partial charge in [0.2, 0.25) is 0 Å². The number of nitrogens with zero attached hydrogens (tertiary/aromatic N) is 2. The van der Waals surface area contributed by atoms with E-state index >= 15 is 4.39 Å². The number of rotatable bonds is 6. The lowest BCUT2D eigenvalue weighted by Crippen LogP contribution is -2.56. The molecule has 0 aliphatic carbocycles. The van der Waals surface area contributed by atoms with Gasteiger partial charge in [0.15, 0.2) is 14.5 Å². The lowest BCUT2D eigenvalue weighted by Gasteiger charge is -2.45. The van der Waals surface area contributed by atoms with Gasteiger partial charge in [-0.1, -0.05) is 45.9 Å². The topological polar surface area (TPSA) is 82.5 Å². The third kappa shape index (κ3) is 5.59. The van der Waals surface area contributed by atoms with Crippen molar-refractivity contribution in [2.45, 2.75) is 76.7 Å². The molecule has 4 atom stereocenters. The number of nitrogens with one attached hydrogen (secondary N) is 1. The van der Waals surface area contributed by atoms with Crippen molar-refractivity contribution in [3.8, 4) is 0 Å². The molecule has 0 radical (unpaired) electrons. The fourth-order valence-corrected chi connectivity index (χ4v) is 4.90. The number of aromatic nitrogens is 2. The lowest BCUT2D eigenvalue weighted by atomic mass is 9.97. The Kier molecular flexibility index (Phi) is 7.55. The van der Waals surface area contributed by atoms with Crippen molar-refractivity contribution < 1.29 is 18.3 Å². The summed E-state index contributed by atoms with van der Waals surface area (Å²) in [6.07, 6.45) is -0.504. The molecule has 2 aromatic rings. The minimum Gasteiger partial charge on any atom is -0.408 e. The van der Waals surface area contributed by atoms with Gasteiger partial charge >= 0.3 is 5.69 Å². The highest BCUT2D eigenvalue weighted by Crippen LogP contribution is 2.40. The first kappa shape index (κ1) is 25.3. The van der Waals surface area contributed by atoms with Crippen molar-refractivity contribution >= 4 is 20.0 Å². The summed E-state index contributed by atoms with van der Waals surface area (Å²) in [5.41, 5.74) is -0.206. The summed E-state index contributed by atoms with van der Waals surface area (Å²) >= 11 is 0. The van der Waals surface area contributed by atoms with Gasteiger partial charge in [0.05, 0.1) is 18.8 Å². The first-order valence-electron chi connectivity index (χ1n) is 11.3. The van der Waals surface area contributed by atoms with Crippen LogP contribution in [0.1, 0.15) is 50.5 Å². The average molecular weight is 476 g/mol. The Balaban J connectivity index is 1.81. The van der Waals surface area contributed by atoms with Crippen molar-refractivity contribution in [1.29, 1.82) is 0 Å². The fourth-order valence-electron chi connectivity index (χ4n) is 3.59. The Bertz CT molecular complexity index is 1020. The van der Waals surface area contributed by atoms with E-state index in [2.05, 4.69) is 44.2 Å². The number of alkyl halides is 1. The smallest absolute Gasteiger partial charge is 0.349 e. The number of carbonyl (C=O) groups excluding carboxylic acids is 1. The summed E-state index contributed by atoms with van der Waals surface area (Å²) in [5.74, 6) is -0.268. The van der Waals surface area contributed by atoms with E-state index in [0.29, 0.717) is 12.0 Å². The average Bonchev–Trinajstić information content (AvgIpc) is 2.75. The van der Waals surface area contributed by atoms with E-state index in [-0.39, 0.29) is 29.5 Å². The largest absolute Gasteiger partial charge is 0.408 e. The summed E-state index contributed by atoms with van der Waals surface area (Å²) in [6, 6.07) is 9.26. The van der Waals surface area contributed by atoms with E-state index in [1.165, 1.54) is 16.8 Å². The van der Waals surface area contributed by atoms with Crippen LogP contribution in [0.15, 0.2) is 47.4 Å². The number of benzene rings is 1. The molecular formula is C24H34FN3O4Si. The van der Waals surface area contributed by atoms with Crippen LogP contribution < -0.4 is 11.0 Å². The Morgan fingerprint density at radius 1 is 1.27 bits per heavy atom. The second-order valence-corrected chi connectivity index (χ2v) is 14.7. The van der Waals surface area contributed by atoms with Crippen LogP contribution in [0.4, 0.5) is 10.2 Å². The van der Waals surface area contributed by atoms with Gasteiger partial charge in [-0.15, -0.1) is 0 Å². The van der Waals surface area contributed by atoms with Crippen molar-refractivity contribution in [1.82, 2.24) is 9.55 Å². The van der Waals surface area contributed by atoms with Gasteiger partial charge in [0, 0.05) is 11.8 Å². The van der Waals surface area contributed by atoms with Crippen LogP contribution in [0.25, 0.3) is 0 Å². The van der Waals surface area contributed by atoms with E-state index in [1.807, 2.05) is 6.92 Å². The highest BCUT2D eigenvalue weighted by Gasteiger charge is 2.48. The molecule has 0 bridgehead atoms. The molecule has 1 aromatic heterocycles. The lowest BCUT2D eigenvalue weighted by molar-refractivity contribution is -0.131. The first-order valence-corrected chi connectivity index (χ1v) is 14.2. The summed E-state index contributed by atoms with van der Waals surface area (Å²) in [6.45, 7) is 12.5. The van der Waals surface area contributed by atoms with Gasteiger partial charge in [-0.05, 0) is 42.8 Å². The van der Waals surface area contributed by atoms with Crippen LogP contribution in [0, 0.1) is 0 Å². The van der Waals surface area contributed by atoms with E-state index in [1.54, 1.807) is 30.3 Å². The third-order valence-electron chi connectivity index (χ3n) is 6.63. The molecule has 180 valence electrons. The van der Waals surface area contributed by atoms with Crippen LogP contribution in [-0.2, 0) is 9.16 Å². The molecule has 33 heavy (non-hydrogen) atoms. The van der Waals surface area contributed by atoms with Crippen LogP contribution in [0.3, 0.4) is 0 Å². The first-order chi connectivity index (χ1) is 15.4. The Labute approximate surface area is 195 Å². The second-order valence-electron chi connectivity index (χ2n) is 9.96. The number of hydrogen-bond donors (Lipinski definition) is 1. The van der Waals surface area contributed by atoms with Crippen molar-refractivity contribution in [3.63, 3.8) is 0 Å². The summed E-state index contributed by atoms with van der Waals surface area (Å²) in [5, 5.41) is 2.52. The molecule has 4 unspecified atom stereocenters. The zero-order chi connectivity index (χ0) is 24.4. The number of ether oxygens (including phenoxy) is 1. The molecule has 1 N–H and O–H groups in total. The standard InChI is InChI=1S/C24H34FN3O4Si/c1-7-18-21(32-33(5,6)24(2,3)4)20(25)17(15-31-18)28-14-13-19(27-23(28)30)26-22(29)16-11-9-8-10-12-16/h8-14,17-18,20-21H,7,15H2,1-6H3,(H,26,27,29,30). The quantitative estimate of drug-likeness (QED) is 0.619. The molecule has 1 fully saturated rings. The number of amides is 1. The summed E-state index contributed by atoms with van der Waals surface area (Å²) in [4.78, 5) is 29.0. The second kappa shape index (κ2) is 9.86. The molecule has 1 aromatic carbocycles. The van der Waals surface area contributed by atoms with Gasteiger partial charge in [0.1, 0.15) is 11.9 Å². The molecule has 7 nitrogen and oxygen atoms in total. The molecule has 3 rings (SSSR count). The molecule has 9 heteroatoms. The predicted octanol–water partition coefficient (Wildman–Crippen LogP) is 4.57. The number of carbonyl (C=O) groups is 1. The molecule has 2 heterocycles. The number of halogens is 1. The predicted molar refractivity (Wildman–Crippen MR) is 129 cm³/mol. The zero-order valence-corrected chi connectivity index (χ0v) is 21.2. The minimum absolute atomic E-state index is 0.0499. The highest BCUT2D eigenvalue weighted by molar-refractivity contribution is 6.74. The SMILES string of the molecule is CCC1OCC(n2ccc(NC(=O)c3ccccc3)nc2=O)C(F)C1O[Si](C)(C)C(C)(C)C. The van der Waals surface area contributed by atoms with Crippen molar-refractivity contribution in [2.24, 2.45) is 0 Å². The van der Waals surface area contributed by atoms with Crippen LogP contribution in [0.2, 0.25) is 18.1 Å². The van der Waals surface area contributed by atoms with Gasteiger partial charge in [-0.3, -0.25) is 9.36 Å². The van der Waals surface area contributed by atoms with Gasteiger partial charge in [-0.2, -0.15) is 4.98 Å². The van der Waals surface area contributed by atoms with Crippen molar-refractivity contribution in [2.75, 3.05) is 11.9 Å². The van der Waals surface area contributed by atoms with Gasteiger partial charge in [0.25, 0.3) is 5.91 Å². The third-order valence-corrected chi connectivity index (χ3v) is 11.1. The Morgan fingerprint density at radius 2 is 1.94 bits per heavy atom. The molecule has 1 amide bonds. The van der Waals surface area contributed by atoms with Crippen LogP contribution in [0.5, 0.6) is 0 Å². The zero-order valence-electron chi connectivity index (χ0n) is 20.2.